The molecule has 0 aromatic carbocycles. The summed E-state index contributed by atoms with van der Waals surface area (Å²) in [5.74, 6) is -0.103. The van der Waals surface area contributed by atoms with E-state index in [9.17, 15) is 9.90 Å². The number of aliphatic hydroxyl groups excluding tert-OH is 1. The molecule has 1 aliphatic rings. The van der Waals surface area contributed by atoms with Crippen molar-refractivity contribution in [1.82, 2.24) is 35.0 Å². The highest BCUT2D eigenvalue weighted by molar-refractivity contribution is 5.92. The number of nitrogens with one attached hydrogen (secondary N) is 2. The maximum atomic E-state index is 12.3. The van der Waals surface area contributed by atoms with Crippen LogP contribution in [0.2, 0.25) is 0 Å². The molecule has 0 radical (unpaired) electrons. The van der Waals surface area contributed by atoms with Gasteiger partial charge in [-0.3, -0.25) is 19.3 Å². The van der Waals surface area contributed by atoms with Gasteiger partial charge < -0.3 is 10.4 Å². The smallest absolute Gasteiger partial charge is 0.238 e. The summed E-state index contributed by atoms with van der Waals surface area (Å²) in [7, 11) is 1.83. The van der Waals surface area contributed by atoms with Crippen LogP contribution < -0.4 is 5.32 Å². The lowest BCUT2D eigenvalue weighted by molar-refractivity contribution is -0.117. The van der Waals surface area contributed by atoms with Crippen LogP contribution in [-0.2, 0) is 18.4 Å². The van der Waals surface area contributed by atoms with Gasteiger partial charge in [-0.2, -0.15) is 20.5 Å². The topological polar surface area (TPSA) is 115 Å². The van der Waals surface area contributed by atoms with Gasteiger partial charge in [0.05, 0.1) is 42.1 Å². The van der Waals surface area contributed by atoms with E-state index in [1.165, 1.54) is 0 Å². The summed E-state index contributed by atoms with van der Waals surface area (Å²) < 4.78 is 1.72. The van der Waals surface area contributed by atoms with E-state index in [0.717, 1.165) is 23.6 Å². The second-order valence-corrected chi connectivity index (χ2v) is 6.40. The molecule has 2 aromatic rings. The number of anilines is 1. The molecule has 25 heavy (non-hydrogen) atoms. The molecule has 0 bridgehead atoms. The van der Waals surface area contributed by atoms with Crippen molar-refractivity contribution in [1.29, 1.82) is 0 Å². The maximum absolute atomic E-state index is 12.3. The fraction of sp³-hybridized carbons (Fsp3) is 0.600. The van der Waals surface area contributed by atoms with Gasteiger partial charge in [0, 0.05) is 39.8 Å². The Morgan fingerprint density at radius 2 is 2.12 bits per heavy atom. The number of aliphatic hydroxyl groups is 1. The van der Waals surface area contributed by atoms with E-state index in [2.05, 4.69) is 30.7 Å². The molecule has 1 amide bonds. The maximum Gasteiger partial charge on any atom is 0.238 e. The molecule has 1 saturated heterocycles. The monoisotopic (exact) mass is 348 g/mol. The van der Waals surface area contributed by atoms with Crippen molar-refractivity contribution in [2.45, 2.75) is 19.6 Å². The Morgan fingerprint density at radius 3 is 2.80 bits per heavy atom. The zero-order valence-electron chi connectivity index (χ0n) is 14.5. The van der Waals surface area contributed by atoms with Gasteiger partial charge >= 0.3 is 0 Å². The highest BCUT2D eigenvalue weighted by Gasteiger charge is 2.23. The first kappa shape index (κ1) is 17.5. The third kappa shape index (κ3) is 4.62. The Morgan fingerprint density at radius 1 is 1.36 bits per heavy atom. The summed E-state index contributed by atoms with van der Waals surface area (Å²) in [5.41, 5.74) is 2.46. The lowest BCUT2D eigenvalue weighted by Crippen LogP contribution is -2.38. The van der Waals surface area contributed by atoms with Crippen molar-refractivity contribution >= 4 is 11.6 Å². The zero-order valence-corrected chi connectivity index (χ0v) is 14.5. The summed E-state index contributed by atoms with van der Waals surface area (Å²) >= 11 is 0. The van der Waals surface area contributed by atoms with Crippen LogP contribution in [0.15, 0.2) is 12.4 Å². The third-order valence-corrected chi connectivity index (χ3v) is 4.40. The highest BCUT2D eigenvalue weighted by Crippen LogP contribution is 2.12. The zero-order chi connectivity index (χ0) is 17.8. The second-order valence-electron chi connectivity index (χ2n) is 6.40. The fourth-order valence-corrected chi connectivity index (χ4v) is 2.95. The number of carbonyl (C=O) groups is 1. The van der Waals surface area contributed by atoms with Crippen molar-refractivity contribution in [3.05, 3.63) is 23.8 Å². The first-order valence-corrected chi connectivity index (χ1v) is 8.27. The van der Waals surface area contributed by atoms with Gasteiger partial charge in [0.1, 0.15) is 0 Å². The van der Waals surface area contributed by atoms with Crippen LogP contribution >= 0.6 is 0 Å². The number of aromatic nitrogens is 5. The molecular weight excluding hydrogens is 324 g/mol. The minimum Gasteiger partial charge on any atom is -0.390 e. The quantitative estimate of drug-likeness (QED) is 0.632. The molecule has 3 rings (SSSR count). The molecule has 0 saturated carbocycles. The first-order chi connectivity index (χ1) is 12.0. The number of aromatic amines is 1. The van der Waals surface area contributed by atoms with Crippen LogP contribution in [-0.4, -0.2) is 84.8 Å². The number of aryl methyl sites for hydroxylation is 1. The van der Waals surface area contributed by atoms with Crippen LogP contribution in [0.5, 0.6) is 0 Å². The van der Waals surface area contributed by atoms with E-state index >= 15 is 0 Å². The van der Waals surface area contributed by atoms with Crippen molar-refractivity contribution < 1.29 is 9.90 Å². The van der Waals surface area contributed by atoms with E-state index < -0.39 is 6.10 Å². The number of H-pyrrole nitrogens is 1. The van der Waals surface area contributed by atoms with Gasteiger partial charge in [0.2, 0.25) is 5.91 Å². The van der Waals surface area contributed by atoms with Gasteiger partial charge in [-0.05, 0) is 6.92 Å². The summed E-state index contributed by atoms with van der Waals surface area (Å²) in [5, 5.41) is 27.7. The van der Waals surface area contributed by atoms with Gasteiger partial charge in [-0.25, -0.2) is 0 Å². The molecule has 1 fully saturated rings. The van der Waals surface area contributed by atoms with E-state index in [4.69, 9.17) is 0 Å². The molecule has 1 atom stereocenters. The second kappa shape index (κ2) is 7.72. The number of β-amino-alcohol motifs (C(OH)–C–C–N with tert-alkyl or cyclic N) is 1. The molecule has 2 aromatic heterocycles. The van der Waals surface area contributed by atoms with Gasteiger partial charge in [-0.15, -0.1) is 0 Å². The molecule has 136 valence electrons. The summed E-state index contributed by atoms with van der Waals surface area (Å²) in [6.07, 6.45) is 2.81. The molecule has 10 nitrogen and oxygen atoms in total. The van der Waals surface area contributed by atoms with Crippen LogP contribution in [0.25, 0.3) is 0 Å². The minimum atomic E-state index is -0.512. The Bertz CT molecular complexity index is 698. The number of carbonyl (C=O) groups excluding carboxylic acids is 1. The molecule has 3 heterocycles. The molecule has 3 N–H and O–H groups in total. The third-order valence-electron chi connectivity index (χ3n) is 4.40. The SMILES string of the molecule is Cc1c(NC(=O)CN2CCN(Cc3cn[nH]n3)C[C@H](O)C2)cnn1C. The normalized spacial score (nSPS) is 19.7. The average Bonchev–Trinajstić information content (AvgIpc) is 3.13. The lowest BCUT2D eigenvalue weighted by Gasteiger charge is -2.20. The molecule has 1 aliphatic heterocycles. The summed E-state index contributed by atoms with van der Waals surface area (Å²) in [6.45, 7) is 5.24. The van der Waals surface area contributed by atoms with E-state index in [-0.39, 0.29) is 12.5 Å². The highest BCUT2D eigenvalue weighted by atomic mass is 16.3. The predicted octanol–water partition coefficient (Wildman–Crippen LogP) is -1.04. The standard InChI is InChI=1S/C15H24N8O2/c1-11-14(6-17-21(11)2)18-15(25)10-23-4-3-22(8-13(24)9-23)7-12-5-16-20-19-12/h5-6,13,24H,3-4,7-10H2,1-2H3,(H,18,25)(H,16,19,20)/t13-/m0/s1. The van der Waals surface area contributed by atoms with E-state index in [1.807, 2.05) is 18.9 Å². The Labute approximate surface area is 145 Å². The largest absolute Gasteiger partial charge is 0.390 e. The van der Waals surface area contributed by atoms with Crippen LogP contribution in [0.4, 0.5) is 5.69 Å². The number of nitrogens with zero attached hydrogens (tertiary/aromatic N) is 6. The van der Waals surface area contributed by atoms with Crippen molar-refractivity contribution in [3.8, 4) is 0 Å². The van der Waals surface area contributed by atoms with Crippen molar-refractivity contribution in [3.63, 3.8) is 0 Å². The Hall–Kier alpha value is -2.30. The molecular formula is C15H24N8O2. The van der Waals surface area contributed by atoms with Crippen molar-refractivity contribution in [2.24, 2.45) is 7.05 Å². The van der Waals surface area contributed by atoms with Crippen LogP contribution in [0.1, 0.15) is 11.4 Å². The van der Waals surface area contributed by atoms with Crippen LogP contribution in [0, 0.1) is 6.92 Å². The molecule has 0 spiro atoms. The summed E-state index contributed by atoms with van der Waals surface area (Å²) in [4.78, 5) is 16.4. The van der Waals surface area contributed by atoms with Gasteiger partial charge in [-0.1, -0.05) is 0 Å². The first-order valence-electron chi connectivity index (χ1n) is 8.27. The lowest BCUT2D eigenvalue weighted by atomic mass is 10.3. The van der Waals surface area contributed by atoms with Crippen LogP contribution in [0.3, 0.4) is 0 Å². The number of hydrogen-bond acceptors (Lipinski definition) is 7. The average molecular weight is 348 g/mol. The molecule has 0 aliphatic carbocycles. The molecule has 10 heteroatoms. The van der Waals surface area contributed by atoms with Gasteiger partial charge in [0.25, 0.3) is 0 Å². The van der Waals surface area contributed by atoms with E-state index in [0.29, 0.717) is 26.2 Å². The minimum absolute atomic E-state index is 0.103. The number of hydrogen-bond donors (Lipinski definition) is 3. The van der Waals surface area contributed by atoms with Gasteiger partial charge in [0.15, 0.2) is 0 Å². The van der Waals surface area contributed by atoms with E-state index in [1.54, 1.807) is 17.1 Å². The summed E-state index contributed by atoms with van der Waals surface area (Å²) in [6, 6.07) is 0. The Kier molecular flexibility index (Phi) is 5.41. The van der Waals surface area contributed by atoms with Crippen molar-refractivity contribution in [2.75, 3.05) is 38.0 Å². The number of rotatable bonds is 5. The predicted molar refractivity (Wildman–Crippen MR) is 90.7 cm³/mol. The fourth-order valence-electron chi connectivity index (χ4n) is 2.95. The Balaban J connectivity index is 1.52. The number of amides is 1. The molecule has 0 unspecified atom stereocenters.